The number of urea groups is 1. The Hall–Kier alpha value is -1.75. The minimum Gasteiger partial charge on any atom is -0.494 e. The van der Waals surface area contributed by atoms with Gasteiger partial charge in [-0.25, -0.2) is 10.6 Å². The van der Waals surface area contributed by atoms with Crippen LogP contribution in [0.1, 0.15) is 26.3 Å². The number of nitrogens with one attached hydrogen (secondary N) is 2. The highest BCUT2D eigenvalue weighted by atomic mass is 16.5. The van der Waals surface area contributed by atoms with Crippen LogP contribution in [0.3, 0.4) is 0 Å². The molecule has 2 amide bonds. The Balaban J connectivity index is 2.68. The topological polar surface area (TPSA) is 76.4 Å². The largest absolute Gasteiger partial charge is 0.494 e. The molecule has 0 aliphatic carbocycles. The SMILES string of the molecule is CCOc1ccc(C(C)(C)CNC(=O)NN)cc1. The van der Waals surface area contributed by atoms with Crippen molar-refractivity contribution in [2.24, 2.45) is 5.84 Å². The molecule has 4 N–H and O–H groups in total. The van der Waals surface area contributed by atoms with Gasteiger partial charge in [0, 0.05) is 12.0 Å². The second-order valence-corrected chi connectivity index (χ2v) is 4.67. The van der Waals surface area contributed by atoms with Crippen LogP contribution in [-0.2, 0) is 5.41 Å². The number of amides is 2. The molecule has 0 saturated heterocycles. The van der Waals surface area contributed by atoms with E-state index in [2.05, 4.69) is 19.2 Å². The van der Waals surface area contributed by atoms with Gasteiger partial charge >= 0.3 is 6.03 Å². The molecule has 0 fully saturated rings. The lowest BCUT2D eigenvalue weighted by atomic mass is 9.84. The summed E-state index contributed by atoms with van der Waals surface area (Å²) in [5, 5.41) is 2.70. The third-order valence-corrected chi connectivity index (χ3v) is 2.77. The second-order valence-electron chi connectivity index (χ2n) is 4.67. The average Bonchev–Trinajstić information content (AvgIpc) is 2.37. The summed E-state index contributed by atoms with van der Waals surface area (Å²) in [6, 6.07) is 7.50. The van der Waals surface area contributed by atoms with Crippen molar-refractivity contribution >= 4 is 6.03 Å². The molecule has 5 heteroatoms. The van der Waals surface area contributed by atoms with Gasteiger partial charge in [-0.2, -0.15) is 0 Å². The van der Waals surface area contributed by atoms with Crippen molar-refractivity contribution in [3.05, 3.63) is 29.8 Å². The highest BCUT2D eigenvalue weighted by Gasteiger charge is 2.21. The first-order valence-corrected chi connectivity index (χ1v) is 5.97. The predicted molar refractivity (Wildman–Crippen MR) is 71.4 cm³/mol. The summed E-state index contributed by atoms with van der Waals surface area (Å²) in [4.78, 5) is 11.1. The van der Waals surface area contributed by atoms with Crippen LogP contribution < -0.4 is 21.3 Å². The normalized spacial score (nSPS) is 10.9. The summed E-state index contributed by atoms with van der Waals surface area (Å²) in [6.07, 6.45) is 0. The summed E-state index contributed by atoms with van der Waals surface area (Å²) in [7, 11) is 0. The molecule has 0 saturated carbocycles. The molecule has 0 heterocycles. The van der Waals surface area contributed by atoms with Crippen LogP contribution in [0.4, 0.5) is 4.79 Å². The monoisotopic (exact) mass is 251 g/mol. The summed E-state index contributed by atoms with van der Waals surface area (Å²) in [6.45, 7) is 7.22. The van der Waals surface area contributed by atoms with Gasteiger partial charge < -0.3 is 10.1 Å². The van der Waals surface area contributed by atoms with Crippen LogP contribution in [0.5, 0.6) is 5.75 Å². The Morgan fingerprint density at radius 1 is 1.33 bits per heavy atom. The molecular formula is C13H21N3O2. The number of nitrogens with two attached hydrogens (primary N) is 1. The van der Waals surface area contributed by atoms with Crippen molar-refractivity contribution < 1.29 is 9.53 Å². The standard InChI is InChI=1S/C13H21N3O2/c1-4-18-11-7-5-10(6-8-11)13(2,3)9-15-12(17)16-14/h5-8H,4,9,14H2,1-3H3,(H2,15,16,17). The van der Waals surface area contributed by atoms with E-state index in [-0.39, 0.29) is 11.4 Å². The van der Waals surface area contributed by atoms with Crippen molar-refractivity contribution in [1.82, 2.24) is 10.7 Å². The fourth-order valence-corrected chi connectivity index (χ4v) is 1.62. The Morgan fingerprint density at radius 3 is 2.44 bits per heavy atom. The minimum absolute atomic E-state index is 0.169. The molecule has 0 aromatic heterocycles. The average molecular weight is 251 g/mol. The van der Waals surface area contributed by atoms with E-state index >= 15 is 0 Å². The third kappa shape index (κ3) is 3.92. The molecule has 5 nitrogen and oxygen atoms in total. The first-order chi connectivity index (χ1) is 8.49. The fraction of sp³-hybridized carbons (Fsp3) is 0.462. The van der Waals surface area contributed by atoms with E-state index < -0.39 is 0 Å². The molecule has 0 spiro atoms. The molecule has 100 valence electrons. The minimum atomic E-state index is -0.381. The van der Waals surface area contributed by atoms with Crippen LogP contribution in [-0.4, -0.2) is 19.2 Å². The third-order valence-electron chi connectivity index (χ3n) is 2.77. The van der Waals surface area contributed by atoms with E-state index in [9.17, 15) is 4.79 Å². The van der Waals surface area contributed by atoms with Gasteiger partial charge in [0.15, 0.2) is 0 Å². The maximum absolute atomic E-state index is 11.1. The van der Waals surface area contributed by atoms with E-state index in [1.165, 1.54) is 0 Å². The lowest BCUT2D eigenvalue weighted by Gasteiger charge is -2.25. The number of carbonyl (C=O) groups excluding carboxylic acids is 1. The Morgan fingerprint density at radius 2 is 1.94 bits per heavy atom. The summed E-state index contributed by atoms with van der Waals surface area (Å²) < 4.78 is 5.39. The van der Waals surface area contributed by atoms with Crippen LogP contribution >= 0.6 is 0 Å². The Bertz CT molecular complexity index is 388. The number of rotatable bonds is 5. The molecule has 0 bridgehead atoms. The second kappa shape index (κ2) is 6.26. The number of benzene rings is 1. The Kier molecular flexibility index (Phi) is 4.97. The lowest BCUT2D eigenvalue weighted by Crippen LogP contribution is -2.44. The van der Waals surface area contributed by atoms with E-state index in [1.54, 1.807) is 0 Å². The van der Waals surface area contributed by atoms with Crippen LogP contribution in [0.15, 0.2) is 24.3 Å². The highest BCUT2D eigenvalue weighted by molar-refractivity contribution is 5.73. The zero-order chi connectivity index (χ0) is 13.6. The van der Waals surface area contributed by atoms with Crippen molar-refractivity contribution in [1.29, 1.82) is 0 Å². The van der Waals surface area contributed by atoms with Gasteiger partial charge in [0.25, 0.3) is 0 Å². The maximum atomic E-state index is 11.1. The maximum Gasteiger partial charge on any atom is 0.328 e. The van der Waals surface area contributed by atoms with Gasteiger partial charge in [0.1, 0.15) is 5.75 Å². The summed E-state index contributed by atoms with van der Waals surface area (Å²) in [5.74, 6) is 5.87. The molecule has 18 heavy (non-hydrogen) atoms. The fourth-order valence-electron chi connectivity index (χ4n) is 1.62. The van der Waals surface area contributed by atoms with Gasteiger partial charge in [-0.15, -0.1) is 0 Å². The van der Waals surface area contributed by atoms with Crippen molar-refractivity contribution in [3.8, 4) is 5.75 Å². The van der Waals surface area contributed by atoms with E-state index in [4.69, 9.17) is 10.6 Å². The van der Waals surface area contributed by atoms with Crippen molar-refractivity contribution in [2.75, 3.05) is 13.2 Å². The zero-order valence-electron chi connectivity index (χ0n) is 11.1. The molecule has 0 radical (unpaired) electrons. The van der Waals surface area contributed by atoms with Crippen LogP contribution in [0, 0.1) is 0 Å². The van der Waals surface area contributed by atoms with Crippen LogP contribution in [0.2, 0.25) is 0 Å². The van der Waals surface area contributed by atoms with E-state index in [1.807, 2.05) is 36.6 Å². The summed E-state index contributed by atoms with van der Waals surface area (Å²) >= 11 is 0. The molecule has 0 unspecified atom stereocenters. The van der Waals surface area contributed by atoms with Crippen molar-refractivity contribution in [2.45, 2.75) is 26.2 Å². The van der Waals surface area contributed by atoms with Gasteiger partial charge in [0.05, 0.1) is 6.61 Å². The molecule has 1 rings (SSSR count). The zero-order valence-corrected chi connectivity index (χ0v) is 11.1. The number of carbonyl (C=O) groups is 1. The quantitative estimate of drug-likeness (QED) is 0.422. The first kappa shape index (κ1) is 14.3. The smallest absolute Gasteiger partial charge is 0.328 e. The van der Waals surface area contributed by atoms with E-state index in [0.717, 1.165) is 11.3 Å². The number of hydrogen-bond donors (Lipinski definition) is 3. The number of hydrogen-bond acceptors (Lipinski definition) is 3. The van der Waals surface area contributed by atoms with Gasteiger partial charge in [0.2, 0.25) is 0 Å². The number of hydrazine groups is 1. The van der Waals surface area contributed by atoms with Crippen molar-refractivity contribution in [3.63, 3.8) is 0 Å². The van der Waals surface area contributed by atoms with Gasteiger partial charge in [-0.1, -0.05) is 26.0 Å². The molecular weight excluding hydrogens is 230 g/mol. The lowest BCUT2D eigenvalue weighted by molar-refractivity contribution is 0.238. The van der Waals surface area contributed by atoms with Gasteiger partial charge in [-0.05, 0) is 24.6 Å². The molecule has 1 aromatic carbocycles. The molecule has 0 atom stereocenters. The highest BCUT2D eigenvalue weighted by Crippen LogP contribution is 2.24. The number of ether oxygens (including phenoxy) is 1. The first-order valence-electron chi connectivity index (χ1n) is 5.97. The molecule has 0 aliphatic rings. The summed E-state index contributed by atoms with van der Waals surface area (Å²) in [5.41, 5.74) is 3.00. The molecule has 0 aliphatic heterocycles. The van der Waals surface area contributed by atoms with E-state index in [0.29, 0.717) is 13.2 Å². The van der Waals surface area contributed by atoms with Gasteiger partial charge in [-0.3, -0.25) is 5.43 Å². The Labute approximate surface area is 108 Å². The molecule has 1 aromatic rings. The predicted octanol–water partition coefficient (Wildman–Crippen LogP) is 1.54. The van der Waals surface area contributed by atoms with Crippen LogP contribution in [0.25, 0.3) is 0 Å².